The minimum absolute atomic E-state index is 0.0172. The zero-order valence-electron chi connectivity index (χ0n) is 19.5. The van der Waals surface area contributed by atoms with Crippen molar-refractivity contribution in [3.63, 3.8) is 0 Å². The van der Waals surface area contributed by atoms with Gasteiger partial charge in [0.2, 0.25) is 5.91 Å². The SMILES string of the molecule is CCCC(NC(=O)Cc1ccc(NC(=O)OCC2c3ccccc3-c3ccccc32)cc1)C(=O)O. The maximum absolute atomic E-state index is 12.4. The van der Waals surface area contributed by atoms with Crippen LogP contribution in [0.15, 0.2) is 72.8 Å². The maximum Gasteiger partial charge on any atom is 0.411 e. The molecule has 0 radical (unpaired) electrons. The van der Waals surface area contributed by atoms with E-state index in [-0.39, 0.29) is 24.9 Å². The number of hydrogen-bond acceptors (Lipinski definition) is 4. The van der Waals surface area contributed by atoms with E-state index >= 15 is 0 Å². The largest absolute Gasteiger partial charge is 0.480 e. The molecule has 0 aliphatic heterocycles. The number of ether oxygens (including phenoxy) is 1. The molecule has 0 heterocycles. The Bertz CT molecular complexity index is 1180. The van der Waals surface area contributed by atoms with Crippen LogP contribution in [0.4, 0.5) is 10.5 Å². The highest BCUT2D eigenvalue weighted by Gasteiger charge is 2.29. The summed E-state index contributed by atoms with van der Waals surface area (Å²) in [6.07, 6.45) is 0.539. The van der Waals surface area contributed by atoms with Crippen molar-refractivity contribution >= 4 is 23.7 Å². The summed E-state index contributed by atoms with van der Waals surface area (Å²) in [5.74, 6) is -1.41. The second kappa shape index (κ2) is 10.9. The molecular formula is C28H28N2O5. The van der Waals surface area contributed by atoms with Crippen LogP contribution in [0.2, 0.25) is 0 Å². The van der Waals surface area contributed by atoms with Gasteiger partial charge in [-0.1, -0.05) is 74.0 Å². The Morgan fingerprint density at radius 2 is 1.51 bits per heavy atom. The summed E-state index contributed by atoms with van der Waals surface area (Å²) < 4.78 is 5.56. The predicted molar refractivity (Wildman–Crippen MR) is 133 cm³/mol. The van der Waals surface area contributed by atoms with Crippen LogP contribution in [0.5, 0.6) is 0 Å². The van der Waals surface area contributed by atoms with Gasteiger partial charge in [-0.15, -0.1) is 0 Å². The number of hydrogen-bond donors (Lipinski definition) is 3. The standard InChI is InChI=1S/C28H28N2O5/c1-2-7-25(27(32)33)30-26(31)16-18-12-14-19(15-13-18)29-28(34)35-17-24-22-10-5-3-8-20(22)21-9-4-6-11-23(21)24/h3-6,8-15,24-25H,2,7,16-17H2,1H3,(H,29,34)(H,30,31)(H,32,33). The normalized spacial score (nSPS) is 12.8. The first kappa shape index (κ1) is 24.0. The molecule has 3 N–H and O–H groups in total. The van der Waals surface area contributed by atoms with Gasteiger partial charge in [0.15, 0.2) is 0 Å². The van der Waals surface area contributed by atoms with Crippen LogP contribution >= 0.6 is 0 Å². The molecule has 0 fully saturated rings. The Morgan fingerprint density at radius 3 is 2.09 bits per heavy atom. The molecule has 2 amide bonds. The molecule has 35 heavy (non-hydrogen) atoms. The molecule has 4 rings (SSSR count). The Labute approximate surface area is 204 Å². The van der Waals surface area contributed by atoms with Crippen LogP contribution in [0, 0.1) is 0 Å². The fourth-order valence-electron chi connectivity index (χ4n) is 4.44. The molecule has 180 valence electrons. The summed E-state index contributed by atoms with van der Waals surface area (Å²) in [6.45, 7) is 2.09. The van der Waals surface area contributed by atoms with E-state index < -0.39 is 18.1 Å². The lowest BCUT2D eigenvalue weighted by Gasteiger charge is -2.15. The van der Waals surface area contributed by atoms with Gasteiger partial charge in [-0.25, -0.2) is 9.59 Å². The van der Waals surface area contributed by atoms with Gasteiger partial charge in [0.25, 0.3) is 0 Å². The maximum atomic E-state index is 12.4. The van der Waals surface area contributed by atoms with Crippen molar-refractivity contribution in [3.8, 4) is 11.1 Å². The third kappa shape index (κ3) is 5.69. The first-order chi connectivity index (χ1) is 17.0. The van der Waals surface area contributed by atoms with E-state index in [0.717, 1.165) is 11.1 Å². The van der Waals surface area contributed by atoms with Crippen molar-refractivity contribution < 1.29 is 24.2 Å². The molecule has 0 spiro atoms. The molecule has 0 bridgehead atoms. The number of fused-ring (bicyclic) bond motifs is 3. The van der Waals surface area contributed by atoms with Crippen LogP contribution in [0.1, 0.15) is 42.4 Å². The second-order valence-electron chi connectivity index (χ2n) is 8.57. The molecule has 1 aliphatic rings. The number of rotatable bonds is 9. The summed E-state index contributed by atoms with van der Waals surface area (Å²) >= 11 is 0. The number of amides is 2. The van der Waals surface area contributed by atoms with Crippen LogP contribution < -0.4 is 10.6 Å². The molecule has 0 saturated carbocycles. The van der Waals surface area contributed by atoms with E-state index in [4.69, 9.17) is 4.74 Å². The topological polar surface area (TPSA) is 105 Å². The molecule has 0 aromatic heterocycles. The lowest BCUT2D eigenvalue weighted by molar-refractivity contribution is -0.141. The smallest absolute Gasteiger partial charge is 0.411 e. The number of benzene rings is 3. The van der Waals surface area contributed by atoms with E-state index in [1.54, 1.807) is 24.3 Å². The molecular weight excluding hydrogens is 444 g/mol. The molecule has 7 heteroatoms. The van der Waals surface area contributed by atoms with Crippen molar-refractivity contribution in [1.29, 1.82) is 0 Å². The van der Waals surface area contributed by atoms with Gasteiger partial charge in [-0.3, -0.25) is 10.1 Å². The molecule has 7 nitrogen and oxygen atoms in total. The summed E-state index contributed by atoms with van der Waals surface area (Å²) in [7, 11) is 0. The number of carbonyl (C=O) groups excluding carboxylic acids is 2. The van der Waals surface area contributed by atoms with Gasteiger partial charge in [0.1, 0.15) is 12.6 Å². The fourth-order valence-corrected chi connectivity index (χ4v) is 4.44. The second-order valence-corrected chi connectivity index (χ2v) is 8.57. The minimum Gasteiger partial charge on any atom is -0.480 e. The monoisotopic (exact) mass is 472 g/mol. The average molecular weight is 473 g/mol. The number of nitrogens with one attached hydrogen (secondary N) is 2. The van der Waals surface area contributed by atoms with Crippen LogP contribution in [0.3, 0.4) is 0 Å². The summed E-state index contributed by atoms with van der Waals surface area (Å²) in [5, 5.41) is 14.4. The molecule has 3 aromatic rings. The van der Waals surface area contributed by atoms with Gasteiger partial charge in [0, 0.05) is 11.6 Å². The lowest BCUT2D eigenvalue weighted by Crippen LogP contribution is -2.41. The van der Waals surface area contributed by atoms with Crippen LogP contribution in [0.25, 0.3) is 11.1 Å². The average Bonchev–Trinajstić information content (AvgIpc) is 3.17. The lowest BCUT2D eigenvalue weighted by atomic mass is 9.98. The zero-order chi connectivity index (χ0) is 24.8. The third-order valence-corrected chi connectivity index (χ3v) is 6.12. The third-order valence-electron chi connectivity index (χ3n) is 6.12. The Hall–Kier alpha value is -4.13. The summed E-state index contributed by atoms with van der Waals surface area (Å²) in [6, 6.07) is 22.2. The van der Waals surface area contributed by atoms with Crippen molar-refractivity contribution in [1.82, 2.24) is 5.32 Å². The Kier molecular flexibility index (Phi) is 7.45. The quantitative estimate of drug-likeness (QED) is 0.408. The van der Waals surface area contributed by atoms with E-state index in [1.165, 1.54) is 11.1 Å². The molecule has 3 aromatic carbocycles. The number of carbonyl (C=O) groups is 3. The number of aliphatic carboxylic acids is 1. The van der Waals surface area contributed by atoms with Crippen molar-refractivity contribution in [3.05, 3.63) is 89.5 Å². The van der Waals surface area contributed by atoms with Crippen molar-refractivity contribution in [2.75, 3.05) is 11.9 Å². The molecule has 1 atom stereocenters. The van der Waals surface area contributed by atoms with E-state index in [9.17, 15) is 19.5 Å². The van der Waals surface area contributed by atoms with E-state index in [0.29, 0.717) is 24.1 Å². The highest BCUT2D eigenvalue weighted by molar-refractivity contribution is 5.86. The summed E-state index contributed by atoms with van der Waals surface area (Å²) in [5.41, 5.74) is 5.88. The first-order valence-electron chi connectivity index (χ1n) is 11.7. The minimum atomic E-state index is -1.04. The highest BCUT2D eigenvalue weighted by Crippen LogP contribution is 2.44. The summed E-state index contributed by atoms with van der Waals surface area (Å²) in [4.78, 5) is 35.9. The number of carboxylic acid groups (broad SMARTS) is 1. The Morgan fingerprint density at radius 1 is 0.914 bits per heavy atom. The molecule has 0 saturated heterocycles. The van der Waals surface area contributed by atoms with Crippen molar-refractivity contribution in [2.24, 2.45) is 0 Å². The van der Waals surface area contributed by atoms with Gasteiger partial charge >= 0.3 is 12.1 Å². The van der Waals surface area contributed by atoms with Gasteiger partial charge in [0.05, 0.1) is 6.42 Å². The van der Waals surface area contributed by atoms with E-state index in [2.05, 4.69) is 34.9 Å². The van der Waals surface area contributed by atoms with Gasteiger partial charge in [-0.2, -0.15) is 0 Å². The van der Waals surface area contributed by atoms with Gasteiger partial charge < -0.3 is 15.2 Å². The fraction of sp³-hybridized carbons (Fsp3) is 0.250. The van der Waals surface area contributed by atoms with Crippen LogP contribution in [-0.4, -0.2) is 35.7 Å². The molecule has 1 unspecified atom stereocenters. The highest BCUT2D eigenvalue weighted by atomic mass is 16.5. The van der Waals surface area contributed by atoms with Crippen LogP contribution in [-0.2, 0) is 20.7 Å². The predicted octanol–water partition coefficient (Wildman–Crippen LogP) is 4.96. The number of anilines is 1. The first-order valence-corrected chi connectivity index (χ1v) is 11.7. The molecule has 1 aliphatic carbocycles. The van der Waals surface area contributed by atoms with Crippen molar-refractivity contribution in [2.45, 2.75) is 38.1 Å². The zero-order valence-corrected chi connectivity index (χ0v) is 19.5. The van der Waals surface area contributed by atoms with Gasteiger partial charge in [-0.05, 0) is 46.4 Å². The number of carboxylic acids is 1. The van der Waals surface area contributed by atoms with E-state index in [1.807, 2.05) is 31.2 Å². The Balaban J connectivity index is 1.31.